The van der Waals surface area contributed by atoms with Gasteiger partial charge in [-0.25, -0.2) is 0 Å². The molecule has 32 atom stereocenters. The average Bonchev–Trinajstić information content (AvgIpc) is 0.813. The van der Waals surface area contributed by atoms with Gasteiger partial charge >= 0.3 is 0 Å². The molecule has 0 aromatic carbocycles. The van der Waals surface area contributed by atoms with E-state index in [-0.39, 0.29) is 0 Å². The molecule has 6 heterocycles. The van der Waals surface area contributed by atoms with Crippen molar-refractivity contribution in [1.82, 2.24) is 10.6 Å². The van der Waals surface area contributed by atoms with Gasteiger partial charge in [-0.15, -0.1) is 0 Å². The number of aliphatic hydroxyl groups is 17. The van der Waals surface area contributed by atoms with Crippen molar-refractivity contribution < 1.29 is 153 Å². The zero-order valence-electron chi connectivity index (χ0n) is 51.0. The van der Waals surface area contributed by atoms with Crippen LogP contribution in [0, 0.1) is 0 Å². The van der Waals surface area contributed by atoms with Gasteiger partial charge in [0.15, 0.2) is 37.7 Å². The molecule has 33 heteroatoms. The third kappa shape index (κ3) is 19.6. The summed E-state index contributed by atoms with van der Waals surface area (Å²) in [5.74, 6) is -0.897. The number of carbonyl (C=O) groups excluding carboxylic acids is 2. The van der Waals surface area contributed by atoms with Crippen LogP contribution in [-0.2, 0) is 66.4 Å². The normalized spacial score (nSPS) is 43.4. The summed E-state index contributed by atoms with van der Waals surface area (Å²) in [7, 11) is 0. The number of aliphatic hydroxyl groups excluding tert-OH is 17. The first kappa shape index (κ1) is 76.5. The molecular formula is C57H100N2O31. The Morgan fingerprint density at radius 1 is 0.456 bits per heavy atom. The average molecular weight is 1310 g/mol. The lowest BCUT2D eigenvalue weighted by molar-refractivity contribution is -0.401. The molecule has 90 heavy (non-hydrogen) atoms. The molecule has 524 valence electrons. The molecule has 0 aliphatic carbocycles. The third-order valence-electron chi connectivity index (χ3n) is 17.2. The van der Waals surface area contributed by atoms with Gasteiger partial charge in [0.25, 0.3) is 0 Å². The molecule has 2 amide bonds. The van der Waals surface area contributed by atoms with Crippen molar-refractivity contribution in [1.29, 1.82) is 0 Å². The van der Waals surface area contributed by atoms with Gasteiger partial charge in [0.05, 0.1) is 57.4 Å². The van der Waals surface area contributed by atoms with Crippen LogP contribution in [0.4, 0.5) is 0 Å². The molecular weight excluding hydrogens is 1210 g/mol. The quantitative estimate of drug-likeness (QED) is 0.0162. The zero-order valence-corrected chi connectivity index (χ0v) is 51.0. The Hall–Kier alpha value is -2.48. The number of carbonyl (C=O) groups is 2. The highest BCUT2D eigenvalue weighted by Crippen LogP contribution is 2.38. The zero-order chi connectivity index (χ0) is 66.1. The van der Waals surface area contributed by atoms with E-state index in [0.717, 1.165) is 32.6 Å². The summed E-state index contributed by atoms with van der Waals surface area (Å²) in [6, 6.07) is -2.94. The largest absolute Gasteiger partial charge is 0.394 e. The summed E-state index contributed by atoms with van der Waals surface area (Å²) < 4.78 is 71.3. The minimum absolute atomic E-state index is 0.336. The second-order valence-electron chi connectivity index (χ2n) is 23.9. The standard InChI is InChI=1S/C57H100N2O31/c1-5-6-7-8-9-10-11-12-13-14-15-16-17-18-29(66)28(58-24-64)23-79-53-45(77)42(74)47(32(21-62)85-53)86-56-46(78)50(38(70)31(20-61)82-56)89-52-34(59-27(4)65)49(88-54-43(75)39(71)35(67)25(2)80-54)48(33(22-63)84-52)87-57-51(41(73)37(69)30(19-60)83-57)90-55-44(76)40(72)36(68)26(3)81-55/h17-18,24-26,28-57,60-63,66-78H,5-16,19-23H2,1-4H3,(H,58,64)(H,59,65)/b18-17+/t25-,26-,28-,29+,30+,31+,32+,33+,34+,35+,36+,37-,38-,39+,40+,41-,42+,43-,44-,45+,46+,47+,48+,49+,50-,51+,52-,53+,54-,55-,56-,57-/m0/s1. The van der Waals surface area contributed by atoms with Gasteiger partial charge in [0.2, 0.25) is 12.3 Å². The number of hydrogen-bond donors (Lipinski definition) is 19. The van der Waals surface area contributed by atoms with Crippen LogP contribution in [0.1, 0.15) is 105 Å². The van der Waals surface area contributed by atoms with Crippen molar-refractivity contribution in [3.05, 3.63) is 12.2 Å². The Balaban J connectivity index is 1.19. The predicted molar refractivity (Wildman–Crippen MR) is 301 cm³/mol. The first-order valence-electron chi connectivity index (χ1n) is 31.2. The minimum Gasteiger partial charge on any atom is -0.394 e. The number of rotatable bonds is 34. The maximum absolute atomic E-state index is 13.3. The van der Waals surface area contributed by atoms with Crippen LogP contribution in [0.25, 0.3) is 0 Å². The van der Waals surface area contributed by atoms with Gasteiger partial charge in [-0.2, -0.15) is 0 Å². The van der Waals surface area contributed by atoms with Crippen molar-refractivity contribution in [2.24, 2.45) is 0 Å². The fourth-order valence-corrected chi connectivity index (χ4v) is 11.7. The van der Waals surface area contributed by atoms with Crippen LogP contribution in [0.3, 0.4) is 0 Å². The topological polar surface area (TPSA) is 513 Å². The summed E-state index contributed by atoms with van der Waals surface area (Å²) in [5, 5.41) is 192. The van der Waals surface area contributed by atoms with E-state index in [2.05, 4.69) is 17.6 Å². The lowest BCUT2D eigenvalue weighted by atomic mass is 9.93. The van der Waals surface area contributed by atoms with Crippen molar-refractivity contribution >= 4 is 12.3 Å². The number of allylic oxidation sites excluding steroid dienone is 1. The van der Waals surface area contributed by atoms with Gasteiger partial charge in [0, 0.05) is 6.92 Å². The van der Waals surface area contributed by atoms with Gasteiger partial charge in [0.1, 0.15) is 134 Å². The summed E-state index contributed by atoms with van der Waals surface area (Å²) in [5.41, 5.74) is 0. The van der Waals surface area contributed by atoms with E-state index in [1.807, 2.05) is 0 Å². The van der Waals surface area contributed by atoms with Gasteiger partial charge in [-0.3, -0.25) is 9.59 Å². The molecule has 0 unspecified atom stereocenters. The van der Waals surface area contributed by atoms with Crippen molar-refractivity contribution in [2.75, 3.05) is 33.0 Å². The SMILES string of the molecule is CCCCCCCCCCCCC/C=C/[C@@H](O)[C@H](CO[C@@H]1O[C@H](CO)[C@@H](O[C@@H]2O[C@H](CO)[C@H](O)[C@H](O[C@@H]3O[C@H](CO)[C@@H](O[C@@H]4O[C@H](CO)[C@H](O)[C@H](O)[C@H]4O[C@@H]4O[C@@H](C)[C@@H](O)[C@@H](O)[C@@H]4O)[C@H](O[C@@H]4O[C@@H](C)[C@@H](O)[C@@H](O)[C@@H]4O)[C@H]3NC(C)=O)[C@H]2O)[C@H](O)[C@H]1O)NC=O. The fraction of sp³-hybridized carbons (Fsp3) is 0.930. The molecule has 19 N–H and O–H groups in total. The van der Waals surface area contributed by atoms with Gasteiger partial charge in [-0.05, 0) is 26.7 Å². The molecule has 6 fully saturated rings. The number of amides is 2. The Labute approximate surface area is 521 Å². The van der Waals surface area contributed by atoms with Crippen LogP contribution in [-0.4, -0.2) is 328 Å². The molecule has 6 aliphatic heterocycles. The molecule has 0 saturated carbocycles. The summed E-state index contributed by atoms with van der Waals surface area (Å²) in [6.45, 7) is 1.27. The molecule has 0 aromatic heterocycles. The third-order valence-corrected chi connectivity index (χ3v) is 17.2. The van der Waals surface area contributed by atoms with Gasteiger partial charge in [-0.1, -0.05) is 83.3 Å². The lowest BCUT2D eigenvalue weighted by Gasteiger charge is -2.52. The number of unbranched alkanes of at least 4 members (excludes halogenated alkanes) is 11. The van der Waals surface area contributed by atoms with E-state index >= 15 is 0 Å². The molecule has 0 bridgehead atoms. The first-order chi connectivity index (χ1) is 43.0. The Kier molecular flexibility index (Phi) is 31.6. The summed E-state index contributed by atoms with van der Waals surface area (Å²) in [6.07, 6.45) is -38.6. The number of nitrogens with one attached hydrogen (secondary N) is 2. The van der Waals surface area contributed by atoms with Crippen LogP contribution in [0.2, 0.25) is 0 Å². The highest BCUT2D eigenvalue weighted by Gasteiger charge is 2.59. The van der Waals surface area contributed by atoms with Crippen LogP contribution in [0.5, 0.6) is 0 Å². The highest BCUT2D eigenvalue weighted by molar-refractivity contribution is 5.73. The van der Waals surface area contributed by atoms with E-state index in [4.69, 9.17) is 56.8 Å². The Morgan fingerprint density at radius 3 is 1.43 bits per heavy atom. The fourth-order valence-electron chi connectivity index (χ4n) is 11.7. The first-order valence-corrected chi connectivity index (χ1v) is 31.2. The van der Waals surface area contributed by atoms with E-state index in [1.54, 1.807) is 6.08 Å². The minimum atomic E-state index is -2.24. The Bertz CT molecular complexity index is 2100. The predicted octanol–water partition coefficient (Wildman–Crippen LogP) is -7.14. The van der Waals surface area contributed by atoms with E-state index in [9.17, 15) is 96.4 Å². The molecule has 0 radical (unpaired) electrons. The number of hydrogen-bond acceptors (Lipinski definition) is 31. The molecule has 6 saturated heterocycles. The van der Waals surface area contributed by atoms with Crippen LogP contribution >= 0.6 is 0 Å². The van der Waals surface area contributed by atoms with Crippen molar-refractivity contribution in [3.8, 4) is 0 Å². The van der Waals surface area contributed by atoms with Crippen molar-refractivity contribution in [2.45, 2.75) is 301 Å². The second-order valence-corrected chi connectivity index (χ2v) is 23.9. The highest BCUT2D eigenvalue weighted by atomic mass is 16.8. The maximum atomic E-state index is 13.3. The van der Waals surface area contributed by atoms with Crippen LogP contribution in [0.15, 0.2) is 12.2 Å². The summed E-state index contributed by atoms with van der Waals surface area (Å²) in [4.78, 5) is 24.9. The van der Waals surface area contributed by atoms with E-state index in [0.29, 0.717) is 12.8 Å². The smallest absolute Gasteiger partial charge is 0.217 e. The van der Waals surface area contributed by atoms with Crippen molar-refractivity contribution in [3.63, 3.8) is 0 Å². The summed E-state index contributed by atoms with van der Waals surface area (Å²) >= 11 is 0. The number of ether oxygens (including phenoxy) is 12. The van der Waals surface area contributed by atoms with Gasteiger partial charge < -0.3 is 154 Å². The van der Waals surface area contributed by atoms with E-state index < -0.39 is 235 Å². The lowest BCUT2D eigenvalue weighted by Crippen LogP contribution is -2.71. The molecule has 6 rings (SSSR count). The maximum Gasteiger partial charge on any atom is 0.217 e. The molecule has 6 aliphatic rings. The molecule has 0 aromatic rings. The van der Waals surface area contributed by atoms with Crippen LogP contribution < -0.4 is 10.6 Å². The van der Waals surface area contributed by atoms with E-state index in [1.165, 1.54) is 64.9 Å². The molecule has 0 spiro atoms. The Morgan fingerprint density at radius 2 is 0.889 bits per heavy atom. The second kappa shape index (κ2) is 37.1. The monoisotopic (exact) mass is 1310 g/mol. The molecule has 33 nitrogen and oxygen atoms in total.